The second kappa shape index (κ2) is 6.37. The molecule has 0 saturated carbocycles. The molecule has 0 amide bonds. The molecule has 112 valence electrons. The van der Waals surface area contributed by atoms with E-state index in [0.717, 1.165) is 17.8 Å². The van der Waals surface area contributed by atoms with Gasteiger partial charge in [-0.3, -0.25) is 9.88 Å². The van der Waals surface area contributed by atoms with Gasteiger partial charge in [-0.25, -0.2) is 8.42 Å². The lowest BCUT2D eigenvalue weighted by molar-refractivity contribution is 0.248. The number of nitrogens with zero attached hydrogens (tertiary/aromatic N) is 2. The van der Waals surface area contributed by atoms with E-state index in [4.69, 9.17) is 0 Å². The molecule has 5 heteroatoms. The van der Waals surface area contributed by atoms with Gasteiger partial charge in [-0.1, -0.05) is 18.2 Å². The highest BCUT2D eigenvalue weighted by Crippen LogP contribution is 2.19. The van der Waals surface area contributed by atoms with Crippen LogP contribution >= 0.6 is 0 Å². The topological polar surface area (TPSA) is 50.3 Å². The summed E-state index contributed by atoms with van der Waals surface area (Å²) in [5.74, 6) is 0. The molecule has 0 unspecified atom stereocenters. The van der Waals surface area contributed by atoms with Crippen LogP contribution in [0.4, 0.5) is 0 Å². The van der Waals surface area contributed by atoms with Crippen LogP contribution in [0.1, 0.15) is 24.2 Å². The molecule has 0 fully saturated rings. The van der Waals surface area contributed by atoms with Crippen LogP contribution in [-0.2, 0) is 16.4 Å². The van der Waals surface area contributed by atoms with Gasteiger partial charge in [0.15, 0.2) is 9.84 Å². The maximum Gasteiger partial charge on any atom is 0.175 e. The summed E-state index contributed by atoms with van der Waals surface area (Å²) < 4.78 is 22.9. The molecule has 1 aromatic heterocycles. The van der Waals surface area contributed by atoms with Gasteiger partial charge in [0.1, 0.15) is 0 Å². The van der Waals surface area contributed by atoms with Crippen LogP contribution in [0.15, 0.2) is 53.6 Å². The van der Waals surface area contributed by atoms with Crippen LogP contribution in [0, 0.1) is 0 Å². The molecule has 2 aromatic rings. The molecule has 0 saturated heterocycles. The van der Waals surface area contributed by atoms with Gasteiger partial charge in [0.2, 0.25) is 0 Å². The standard InChI is InChI=1S/C16H20N2O2S/c1-13(16-6-4-5-11-17-16)18(2)12-14-7-9-15(10-8-14)21(3,19)20/h4-11,13H,12H2,1-3H3/t13-/m0/s1. The minimum atomic E-state index is -3.13. The number of rotatable bonds is 5. The average Bonchev–Trinajstić information content (AvgIpc) is 2.47. The van der Waals surface area contributed by atoms with Crippen molar-refractivity contribution < 1.29 is 8.42 Å². The zero-order valence-electron chi connectivity index (χ0n) is 12.5. The number of pyridine rings is 1. The minimum Gasteiger partial charge on any atom is -0.294 e. The normalized spacial score (nSPS) is 13.3. The fraction of sp³-hybridized carbons (Fsp3) is 0.312. The third-order valence-electron chi connectivity index (χ3n) is 3.56. The second-order valence-electron chi connectivity index (χ2n) is 5.26. The van der Waals surface area contributed by atoms with Crippen LogP contribution in [0.5, 0.6) is 0 Å². The van der Waals surface area contributed by atoms with E-state index in [1.807, 2.05) is 37.4 Å². The van der Waals surface area contributed by atoms with Crippen molar-refractivity contribution in [2.24, 2.45) is 0 Å². The SMILES string of the molecule is C[C@@H](c1ccccn1)N(C)Cc1ccc(S(C)(=O)=O)cc1. The van der Waals surface area contributed by atoms with E-state index in [9.17, 15) is 8.42 Å². The molecule has 2 rings (SSSR count). The van der Waals surface area contributed by atoms with Gasteiger partial charge < -0.3 is 0 Å². The third kappa shape index (κ3) is 4.12. The molecule has 4 nitrogen and oxygen atoms in total. The lowest BCUT2D eigenvalue weighted by Gasteiger charge is -2.24. The highest BCUT2D eigenvalue weighted by Gasteiger charge is 2.13. The molecule has 0 spiro atoms. The molecule has 0 aliphatic rings. The van der Waals surface area contributed by atoms with E-state index in [0.29, 0.717) is 4.90 Å². The predicted octanol–water partition coefficient (Wildman–Crippen LogP) is 2.68. The Kier molecular flexibility index (Phi) is 4.75. The molecule has 1 heterocycles. The summed E-state index contributed by atoms with van der Waals surface area (Å²) >= 11 is 0. The fourth-order valence-electron chi connectivity index (χ4n) is 2.12. The highest BCUT2D eigenvalue weighted by atomic mass is 32.2. The van der Waals surface area contributed by atoms with Gasteiger partial charge in [-0.05, 0) is 43.8 Å². The maximum atomic E-state index is 11.4. The summed E-state index contributed by atoms with van der Waals surface area (Å²) in [5, 5.41) is 0. The minimum absolute atomic E-state index is 0.195. The summed E-state index contributed by atoms with van der Waals surface area (Å²) in [6.07, 6.45) is 3.01. The molecule has 0 bridgehead atoms. The predicted molar refractivity (Wildman–Crippen MR) is 83.7 cm³/mol. The van der Waals surface area contributed by atoms with Crippen LogP contribution in [0.3, 0.4) is 0 Å². The van der Waals surface area contributed by atoms with Crippen molar-refractivity contribution in [1.29, 1.82) is 0 Å². The molecule has 1 atom stereocenters. The number of hydrogen-bond acceptors (Lipinski definition) is 4. The van der Waals surface area contributed by atoms with Crippen LogP contribution in [-0.4, -0.2) is 31.6 Å². The first-order chi connectivity index (χ1) is 9.88. The van der Waals surface area contributed by atoms with Crippen molar-refractivity contribution in [1.82, 2.24) is 9.88 Å². The Balaban J connectivity index is 2.08. The van der Waals surface area contributed by atoms with E-state index in [1.165, 1.54) is 6.26 Å². The van der Waals surface area contributed by atoms with Gasteiger partial charge in [0.05, 0.1) is 10.6 Å². The first kappa shape index (κ1) is 15.7. The van der Waals surface area contributed by atoms with Crippen molar-refractivity contribution in [3.8, 4) is 0 Å². The lowest BCUT2D eigenvalue weighted by Crippen LogP contribution is -2.22. The molecule has 0 radical (unpaired) electrons. The monoisotopic (exact) mass is 304 g/mol. The van der Waals surface area contributed by atoms with Gasteiger partial charge in [0, 0.05) is 25.0 Å². The van der Waals surface area contributed by atoms with Crippen molar-refractivity contribution in [3.63, 3.8) is 0 Å². The van der Waals surface area contributed by atoms with Crippen molar-refractivity contribution in [2.75, 3.05) is 13.3 Å². The van der Waals surface area contributed by atoms with Gasteiger partial charge in [0.25, 0.3) is 0 Å². The zero-order valence-corrected chi connectivity index (χ0v) is 13.3. The maximum absolute atomic E-state index is 11.4. The second-order valence-corrected chi connectivity index (χ2v) is 7.28. The number of benzene rings is 1. The number of aromatic nitrogens is 1. The van der Waals surface area contributed by atoms with Crippen molar-refractivity contribution in [2.45, 2.75) is 24.4 Å². The van der Waals surface area contributed by atoms with Gasteiger partial charge >= 0.3 is 0 Å². The van der Waals surface area contributed by atoms with Gasteiger partial charge in [-0.2, -0.15) is 0 Å². The third-order valence-corrected chi connectivity index (χ3v) is 4.69. The molecule has 1 aromatic carbocycles. The zero-order chi connectivity index (χ0) is 15.5. The Morgan fingerprint density at radius 1 is 1.14 bits per heavy atom. The first-order valence-electron chi connectivity index (χ1n) is 6.78. The highest BCUT2D eigenvalue weighted by molar-refractivity contribution is 7.90. The Morgan fingerprint density at radius 3 is 2.33 bits per heavy atom. The van der Waals surface area contributed by atoms with Crippen LogP contribution < -0.4 is 0 Å². The molecular formula is C16H20N2O2S. The Hall–Kier alpha value is -1.72. The van der Waals surface area contributed by atoms with Crippen molar-refractivity contribution in [3.05, 3.63) is 59.9 Å². The number of sulfone groups is 1. The largest absolute Gasteiger partial charge is 0.294 e. The molecule has 0 aliphatic heterocycles. The summed E-state index contributed by atoms with van der Waals surface area (Å²) in [5.41, 5.74) is 2.10. The van der Waals surface area contributed by atoms with E-state index in [1.54, 1.807) is 18.3 Å². The smallest absolute Gasteiger partial charge is 0.175 e. The Labute approximate surface area is 126 Å². The van der Waals surface area contributed by atoms with E-state index < -0.39 is 9.84 Å². The lowest BCUT2D eigenvalue weighted by atomic mass is 10.1. The Morgan fingerprint density at radius 2 is 1.81 bits per heavy atom. The van der Waals surface area contributed by atoms with Crippen LogP contribution in [0.2, 0.25) is 0 Å². The quantitative estimate of drug-likeness (QED) is 0.852. The average molecular weight is 304 g/mol. The number of hydrogen-bond donors (Lipinski definition) is 0. The summed E-state index contributed by atoms with van der Waals surface area (Å²) in [4.78, 5) is 6.90. The molecular weight excluding hydrogens is 284 g/mol. The van der Waals surface area contributed by atoms with E-state index in [-0.39, 0.29) is 6.04 Å². The van der Waals surface area contributed by atoms with Gasteiger partial charge in [-0.15, -0.1) is 0 Å². The first-order valence-corrected chi connectivity index (χ1v) is 8.67. The van der Waals surface area contributed by atoms with E-state index >= 15 is 0 Å². The van der Waals surface area contributed by atoms with E-state index in [2.05, 4.69) is 16.8 Å². The van der Waals surface area contributed by atoms with Crippen molar-refractivity contribution >= 4 is 9.84 Å². The summed E-state index contributed by atoms with van der Waals surface area (Å²) in [6, 6.07) is 13.1. The summed E-state index contributed by atoms with van der Waals surface area (Å²) in [7, 11) is -1.10. The molecule has 0 aliphatic carbocycles. The van der Waals surface area contributed by atoms with Crippen LogP contribution in [0.25, 0.3) is 0 Å². The summed E-state index contributed by atoms with van der Waals surface area (Å²) in [6.45, 7) is 2.84. The molecule has 21 heavy (non-hydrogen) atoms. The molecule has 0 N–H and O–H groups in total. The fourth-order valence-corrected chi connectivity index (χ4v) is 2.75. The Bertz CT molecular complexity index is 682.